The van der Waals surface area contributed by atoms with Gasteiger partial charge in [0.1, 0.15) is 11.5 Å². The monoisotopic (exact) mass is 329 g/mol. The van der Waals surface area contributed by atoms with Crippen LogP contribution in [0.15, 0.2) is 34.5 Å². The standard InChI is InChI=1S/C16H15N3O3S/c1-21-11-4-9(5-12(7-11)22-2)13-6-10-8-17-16(23-3)19-14(10)18-15(13)20/h4-8,13H,1-3H3. The Balaban J connectivity index is 2.10. The lowest BCUT2D eigenvalue weighted by atomic mass is 9.95. The minimum atomic E-state index is -0.504. The second-order valence-corrected chi connectivity index (χ2v) is 5.65. The first-order valence-corrected chi connectivity index (χ1v) is 8.11. The Morgan fingerprint density at radius 1 is 1.13 bits per heavy atom. The molecule has 7 heteroatoms. The van der Waals surface area contributed by atoms with E-state index in [0.717, 1.165) is 10.8 Å². The van der Waals surface area contributed by atoms with Gasteiger partial charge in [0.05, 0.1) is 20.1 Å². The first-order valence-electron chi connectivity index (χ1n) is 6.89. The van der Waals surface area contributed by atoms with Crippen molar-refractivity contribution in [3.8, 4) is 11.5 Å². The highest BCUT2D eigenvalue weighted by molar-refractivity contribution is 7.98. The molecule has 1 unspecified atom stereocenters. The van der Waals surface area contributed by atoms with Gasteiger partial charge in [0.15, 0.2) is 10.6 Å². The van der Waals surface area contributed by atoms with Crippen LogP contribution in [0.5, 0.6) is 11.5 Å². The fourth-order valence-electron chi connectivity index (χ4n) is 2.34. The smallest absolute Gasteiger partial charge is 0.259 e. The van der Waals surface area contributed by atoms with Crippen LogP contribution in [0.25, 0.3) is 6.08 Å². The summed E-state index contributed by atoms with van der Waals surface area (Å²) in [5.74, 6) is 0.481. The number of carbonyl (C=O) groups is 1. The third-order valence-corrected chi connectivity index (χ3v) is 4.08. The number of hydrogen-bond acceptors (Lipinski definition) is 6. The van der Waals surface area contributed by atoms with Crippen LogP contribution in [-0.2, 0) is 4.79 Å². The molecule has 0 fully saturated rings. The van der Waals surface area contributed by atoms with Gasteiger partial charge in [0.25, 0.3) is 5.91 Å². The number of methoxy groups -OCH3 is 2. The molecule has 1 aliphatic rings. The van der Waals surface area contributed by atoms with Gasteiger partial charge < -0.3 is 9.47 Å². The summed E-state index contributed by atoms with van der Waals surface area (Å²) in [5, 5.41) is 1.34. The summed E-state index contributed by atoms with van der Waals surface area (Å²) >= 11 is 1.41. The van der Waals surface area contributed by atoms with Crippen molar-refractivity contribution in [2.45, 2.75) is 11.1 Å². The third-order valence-electron chi connectivity index (χ3n) is 3.52. The van der Waals surface area contributed by atoms with Crippen molar-refractivity contribution in [2.24, 2.45) is 4.99 Å². The number of carbonyl (C=O) groups excluding carboxylic acids is 1. The highest BCUT2D eigenvalue weighted by Gasteiger charge is 2.22. The van der Waals surface area contributed by atoms with Crippen LogP contribution < -0.4 is 20.2 Å². The van der Waals surface area contributed by atoms with Crippen LogP contribution in [0.1, 0.15) is 11.5 Å². The van der Waals surface area contributed by atoms with Gasteiger partial charge in [0.2, 0.25) is 0 Å². The summed E-state index contributed by atoms with van der Waals surface area (Å²) < 4.78 is 10.5. The SMILES string of the molecule is COc1cc(OC)cc(C2C=c3cnc(SC)nc3=NC2=O)c1. The first-order chi connectivity index (χ1) is 11.1. The molecule has 118 valence electrons. The molecular weight excluding hydrogens is 314 g/mol. The van der Waals surface area contributed by atoms with Crippen molar-refractivity contribution in [1.29, 1.82) is 0 Å². The van der Waals surface area contributed by atoms with E-state index in [1.807, 2.05) is 12.3 Å². The molecular formula is C16H15N3O3S. The van der Waals surface area contributed by atoms with Gasteiger partial charge in [-0.1, -0.05) is 17.8 Å². The van der Waals surface area contributed by atoms with E-state index in [0.29, 0.717) is 22.1 Å². The molecule has 0 saturated carbocycles. The van der Waals surface area contributed by atoms with Crippen LogP contribution in [0.2, 0.25) is 0 Å². The van der Waals surface area contributed by atoms with E-state index in [2.05, 4.69) is 15.0 Å². The Morgan fingerprint density at radius 3 is 2.43 bits per heavy atom. The number of benzene rings is 1. The lowest BCUT2D eigenvalue weighted by Gasteiger charge is -2.15. The van der Waals surface area contributed by atoms with Crippen LogP contribution in [-0.4, -0.2) is 36.4 Å². The lowest BCUT2D eigenvalue weighted by Crippen LogP contribution is -2.36. The highest BCUT2D eigenvalue weighted by atomic mass is 32.2. The summed E-state index contributed by atoms with van der Waals surface area (Å²) in [6.07, 6.45) is 5.39. The molecule has 0 aliphatic carbocycles. The van der Waals surface area contributed by atoms with Gasteiger partial charge in [-0.05, 0) is 24.0 Å². The van der Waals surface area contributed by atoms with Gasteiger partial charge in [-0.2, -0.15) is 4.99 Å². The molecule has 1 aliphatic heterocycles. The summed E-state index contributed by atoms with van der Waals surface area (Å²) in [6, 6.07) is 5.37. The number of amides is 1. The summed E-state index contributed by atoms with van der Waals surface area (Å²) in [5.41, 5.74) is 1.18. The van der Waals surface area contributed by atoms with Gasteiger partial charge in [0, 0.05) is 17.5 Å². The zero-order valence-corrected chi connectivity index (χ0v) is 13.8. The topological polar surface area (TPSA) is 73.7 Å². The van der Waals surface area contributed by atoms with Crippen molar-refractivity contribution >= 4 is 23.7 Å². The minimum Gasteiger partial charge on any atom is -0.497 e. The molecule has 0 bridgehead atoms. The molecule has 0 N–H and O–H groups in total. The fourth-order valence-corrected chi connectivity index (χ4v) is 2.68. The molecule has 23 heavy (non-hydrogen) atoms. The maximum atomic E-state index is 12.4. The maximum Gasteiger partial charge on any atom is 0.259 e. The van der Waals surface area contributed by atoms with E-state index in [9.17, 15) is 4.79 Å². The van der Waals surface area contributed by atoms with E-state index in [4.69, 9.17) is 9.47 Å². The number of rotatable bonds is 4. The zero-order chi connectivity index (χ0) is 16.4. The third kappa shape index (κ3) is 3.05. The Labute approximate surface area is 137 Å². The number of hydrogen-bond donors (Lipinski definition) is 0. The number of ether oxygens (including phenoxy) is 2. The molecule has 2 aromatic rings. The molecule has 2 heterocycles. The molecule has 1 aromatic carbocycles. The van der Waals surface area contributed by atoms with Crippen molar-refractivity contribution in [1.82, 2.24) is 9.97 Å². The van der Waals surface area contributed by atoms with E-state index < -0.39 is 5.92 Å². The molecule has 1 atom stereocenters. The molecule has 1 amide bonds. The van der Waals surface area contributed by atoms with E-state index in [1.165, 1.54) is 11.8 Å². The second kappa shape index (κ2) is 6.37. The summed E-state index contributed by atoms with van der Waals surface area (Å²) in [4.78, 5) is 25.0. The van der Waals surface area contributed by atoms with Crippen LogP contribution in [0.3, 0.4) is 0 Å². The normalized spacial score (nSPS) is 16.1. The predicted octanol–water partition coefficient (Wildman–Crippen LogP) is 0.940. The predicted molar refractivity (Wildman–Crippen MR) is 86.4 cm³/mol. The van der Waals surface area contributed by atoms with E-state index in [1.54, 1.807) is 38.6 Å². The van der Waals surface area contributed by atoms with E-state index >= 15 is 0 Å². The first kappa shape index (κ1) is 15.5. The number of thioether (sulfide) groups is 1. The molecule has 3 rings (SSSR count). The Bertz CT molecular complexity index is 860. The van der Waals surface area contributed by atoms with Crippen LogP contribution in [0.4, 0.5) is 0 Å². The number of nitrogens with zero attached hydrogens (tertiary/aromatic N) is 3. The zero-order valence-electron chi connectivity index (χ0n) is 12.9. The van der Waals surface area contributed by atoms with Crippen molar-refractivity contribution in [3.63, 3.8) is 0 Å². The average Bonchev–Trinajstić information content (AvgIpc) is 2.59. The van der Waals surface area contributed by atoms with Crippen LogP contribution in [0, 0.1) is 0 Å². The molecule has 6 nitrogen and oxygen atoms in total. The van der Waals surface area contributed by atoms with Gasteiger partial charge in [-0.15, -0.1) is 0 Å². The van der Waals surface area contributed by atoms with Gasteiger partial charge >= 0.3 is 0 Å². The second-order valence-electron chi connectivity index (χ2n) is 4.88. The largest absolute Gasteiger partial charge is 0.497 e. The summed E-state index contributed by atoms with van der Waals surface area (Å²) in [6.45, 7) is 0. The minimum absolute atomic E-state index is 0.265. The number of fused-ring (bicyclic) bond motifs is 1. The van der Waals surface area contributed by atoms with Gasteiger partial charge in [-0.3, -0.25) is 4.79 Å². The van der Waals surface area contributed by atoms with Crippen molar-refractivity contribution < 1.29 is 14.3 Å². The van der Waals surface area contributed by atoms with Gasteiger partial charge in [-0.25, -0.2) is 9.97 Å². The summed E-state index contributed by atoms with van der Waals surface area (Å²) in [7, 11) is 3.14. The molecule has 0 spiro atoms. The Hall–Kier alpha value is -2.41. The average molecular weight is 329 g/mol. The lowest BCUT2D eigenvalue weighted by molar-refractivity contribution is -0.118. The molecule has 0 radical (unpaired) electrons. The van der Waals surface area contributed by atoms with E-state index in [-0.39, 0.29) is 5.91 Å². The Morgan fingerprint density at radius 2 is 1.83 bits per heavy atom. The Kier molecular flexibility index (Phi) is 4.29. The maximum absolute atomic E-state index is 12.4. The molecule has 1 aromatic heterocycles. The van der Waals surface area contributed by atoms with Crippen molar-refractivity contribution in [3.05, 3.63) is 40.7 Å². The molecule has 0 saturated heterocycles. The van der Waals surface area contributed by atoms with Crippen molar-refractivity contribution in [2.75, 3.05) is 20.5 Å². The number of aromatic nitrogens is 2. The fraction of sp³-hybridized carbons (Fsp3) is 0.250. The van der Waals surface area contributed by atoms with Crippen LogP contribution >= 0.6 is 11.8 Å². The quantitative estimate of drug-likeness (QED) is 0.614. The highest BCUT2D eigenvalue weighted by Crippen LogP contribution is 2.29.